The van der Waals surface area contributed by atoms with E-state index in [1.807, 2.05) is 13.8 Å². The van der Waals surface area contributed by atoms with Crippen LogP contribution in [-0.2, 0) is 10.0 Å². The van der Waals surface area contributed by atoms with Crippen molar-refractivity contribution < 1.29 is 8.42 Å². The topological polar surface area (TPSA) is 46.2 Å². The second-order valence-electron chi connectivity index (χ2n) is 3.43. The Morgan fingerprint density at radius 2 is 2.06 bits per heavy atom. The molecular weight excluding hydrogens is 314 g/mol. The lowest BCUT2D eigenvalue weighted by Gasteiger charge is -2.09. The quantitative estimate of drug-likeness (QED) is 0.924. The third kappa shape index (κ3) is 3.20. The Balaban J connectivity index is 3.18. The van der Waals surface area contributed by atoms with Gasteiger partial charge in [-0.3, -0.25) is 0 Å². The molecule has 0 aliphatic carbocycles. The zero-order valence-electron chi connectivity index (χ0n) is 9.05. The highest BCUT2D eigenvalue weighted by molar-refractivity contribution is 9.10. The van der Waals surface area contributed by atoms with Gasteiger partial charge in [0.05, 0.1) is 4.90 Å². The van der Waals surface area contributed by atoms with Crippen molar-refractivity contribution in [1.29, 1.82) is 0 Å². The van der Waals surface area contributed by atoms with Gasteiger partial charge in [-0.2, -0.15) is 0 Å². The molecule has 0 fully saturated rings. The Hall–Kier alpha value is -0.100. The molecule has 0 radical (unpaired) electrons. The molecule has 1 rings (SSSR count). The van der Waals surface area contributed by atoms with Gasteiger partial charge >= 0.3 is 0 Å². The van der Waals surface area contributed by atoms with Crippen molar-refractivity contribution in [2.24, 2.45) is 0 Å². The molecule has 90 valence electrons. The summed E-state index contributed by atoms with van der Waals surface area (Å²) >= 11 is 9.14. The van der Waals surface area contributed by atoms with Crippen LogP contribution in [0.5, 0.6) is 0 Å². The molecule has 6 heteroatoms. The molecule has 0 unspecified atom stereocenters. The summed E-state index contributed by atoms with van der Waals surface area (Å²) in [4.78, 5) is 0.177. The first-order valence-corrected chi connectivity index (χ1v) is 7.49. The molecule has 3 nitrogen and oxygen atoms in total. The number of benzene rings is 1. The van der Waals surface area contributed by atoms with E-state index in [4.69, 9.17) is 11.6 Å². The molecule has 1 N–H and O–H groups in total. The zero-order valence-corrected chi connectivity index (χ0v) is 12.2. The fourth-order valence-electron chi connectivity index (χ4n) is 1.15. The minimum absolute atomic E-state index is 0.177. The van der Waals surface area contributed by atoms with Gasteiger partial charge < -0.3 is 0 Å². The van der Waals surface area contributed by atoms with Crippen molar-refractivity contribution in [3.8, 4) is 0 Å². The van der Waals surface area contributed by atoms with Gasteiger partial charge in [0.15, 0.2) is 0 Å². The molecule has 1 aromatic carbocycles. The predicted molar refractivity (Wildman–Crippen MR) is 69.4 cm³/mol. The summed E-state index contributed by atoms with van der Waals surface area (Å²) in [7, 11) is -3.47. The number of halogens is 2. The molecule has 1 aromatic rings. The van der Waals surface area contributed by atoms with Crippen molar-refractivity contribution >= 4 is 37.6 Å². The molecule has 0 saturated carbocycles. The summed E-state index contributed by atoms with van der Waals surface area (Å²) in [5.41, 5.74) is 0.836. The van der Waals surface area contributed by atoms with E-state index in [0.717, 1.165) is 12.0 Å². The number of hydrogen-bond acceptors (Lipinski definition) is 2. The van der Waals surface area contributed by atoms with Gasteiger partial charge in [0.25, 0.3) is 0 Å². The maximum Gasteiger partial charge on any atom is 0.241 e. The van der Waals surface area contributed by atoms with Gasteiger partial charge in [0.2, 0.25) is 10.0 Å². The van der Waals surface area contributed by atoms with Crippen LogP contribution in [0.3, 0.4) is 0 Å². The molecular formula is C10H13BrClNO2S. The molecule has 0 atom stereocenters. The summed E-state index contributed by atoms with van der Waals surface area (Å²) in [6.07, 6.45) is 0.746. The number of rotatable bonds is 4. The fourth-order valence-corrected chi connectivity index (χ4v) is 3.69. The zero-order chi connectivity index (χ0) is 12.3. The summed E-state index contributed by atoms with van der Waals surface area (Å²) in [6.45, 7) is 4.14. The fraction of sp³-hybridized carbons (Fsp3) is 0.400. The van der Waals surface area contributed by atoms with Crippen molar-refractivity contribution in [1.82, 2.24) is 4.72 Å². The van der Waals surface area contributed by atoms with Crippen LogP contribution < -0.4 is 4.72 Å². The average Bonchev–Trinajstić information content (AvgIpc) is 2.20. The van der Waals surface area contributed by atoms with Gasteiger partial charge in [-0.15, -0.1) is 0 Å². The van der Waals surface area contributed by atoms with Crippen LogP contribution in [0.15, 0.2) is 21.5 Å². The van der Waals surface area contributed by atoms with Crippen LogP contribution >= 0.6 is 27.5 Å². The summed E-state index contributed by atoms with van der Waals surface area (Å²) in [5.74, 6) is 0. The standard InChI is InChI=1S/C10H13BrClNO2S/c1-3-4-13-16(14,15)10-6-9(12)7(2)5-8(10)11/h5-6,13H,3-4H2,1-2H3. The SMILES string of the molecule is CCCNS(=O)(=O)c1cc(Cl)c(C)cc1Br. The van der Waals surface area contributed by atoms with Gasteiger partial charge in [-0.25, -0.2) is 13.1 Å². The molecule has 16 heavy (non-hydrogen) atoms. The van der Waals surface area contributed by atoms with Gasteiger partial charge in [-0.05, 0) is 47.0 Å². The van der Waals surface area contributed by atoms with E-state index in [-0.39, 0.29) is 4.90 Å². The van der Waals surface area contributed by atoms with Crippen molar-refractivity contribution in [3.63, 3.8) is 0 Å². The molecule has 0 aliphatic rings. The largest absolute Gasteiger partial charge is 0.241 e. The average molecular weight is 327 g/mol. The minimum atomic E-state index is -3.47. The Morgan fingerprint density at radius 1 is 1.44 bits per heavy atom. The van der Waals surface area contributed by atoms with Crippen LogP contribution in [-0.4, -0.2) is 15.0 Å². The Bertz CT molecular complexity index is 488. The van der Waals surface area contributed by atoms with E-state index < -0.39 is 10.0 Å². The number of hydrogen-bond donors (Lipinski definition) is 1. The molecule has 0 saturated heterocycles. The van der Waals surface area contributed by atoms with E-state index in [0.29, 0.717) is 16.0 Å². The summed E-state index contributed by atoms with van der Waals surface area (Å²) in [6, 6.07) is 3.15. The van der Waals surface area contributed by atoms with Crippen molar-refractivity contribution in [2.75, 3.05) is 6.54 Å². The lowest BCUT2D eigenvalue weighted by Crippen LogP contribution is -2.24. The van der Waals surface area contributed by atoms with E-state index in [2.05, 4.69) is 20.7 Å². The first-order chi connectivity index (χ1) is 7.38. The maximum atomic E-state index is 11.9. The molecule has 0 aliphatic heterocycles. The van der Waals surface area contributed by atoms with E-state index >= 15 is 0 Å². The predicted octanol–water partition coefficient (Wildman–Crippen LogP) is 3.10. The van der Waals surface area contributed by atoms with Gasteiger partial charge in [0, 0.05) is 16.0 Å². The summed E-state index contributed by atoms with van der Waals surface area (Å²) in [5, 5.41) is 0.445. The Labute approximate surface area is 109 Å². The molecule has 0 amide bonds. The van der Waals surface area contributed by atoms with E-state index in [9.17, 15) is 8.42 Å². The lowest BCUT2D eigenvalue weighted by atomic mass is 10.2. The van der Waals surface area contributed by atoms with Crippen molar-refractivity contribution in [2.45, 2.75) is 25.2 Å². The Kier molecular flexibility index (Phi) is 4.79. The number of nitrogens with one attached hydrogen (secondary N) is 1. The molecule has 0 spiro atoms. The first kappa shape index (κ1) is 14.0. The van der Waals surface area contributed by atoms with Crippen molar-refractivity contribution in [3.05, 3.63) is 27.2 Å². The van der Waals surface area contributed by atoms with Crippen LogP contribution in [0.25, 0.3) is 0 Å². The third-order valence-corrected chi connectivity index (χ3v) is 4.87. The highest BCUT2D eigenvalue weighted by Crippen LogP contribution is 2.28. The first-order valence-electron chi connectivity index (χ1n) is 4.83. The molecule has 0 bridgehead atoms. The van der Waals surface area contributed by atoms with E-state index in [1.54, 1.807) is 6.07 Å². The summed E-state index contributed by atoms with van der Waals surface area (Å²) < 4.78 is 26.8. The normalized spacial score (nSPS) is 11.8. The van der Waals surface area contributed by atoms with Crippen LogP contribution in [0.1, 0.15) is 18.9 Å². The maximum absolute atomic E-state index is 11.9. The monoisotopic (exact) mass is 325 g/mol. The van der Waals surface area contributed by atoms with Crippen LogP contribution in [0.2, 0.25) is 5.02 Å². The second-order valence-corrected chi connectivity index (χ2v) is 6.43. The highest BCUT2D eigenvalue weighted by Gasteiger charge is 2.18. The minimum Gasteiger partial charge on any atom is -0.211 e. The molecule has 0 heterocycles. The van der Waals surface area contributed by atoms with E-state index in [1.165, 1.54) is 6.07 Å². The van der Waals surface area contributed by atoms with Gasteiger partial charge in [0.1, 0.15) is 0 Å². The Morgan fingerprint density at radius 3 is 2.62 bits per heavy atom. The number of sulfonamides is 1. The smallest absolute Gasteiger partial charge is 0.211 e. The highest BCUT2D eigenvalue weighted by atomic mass is 79.9. The third-order valence-electron chi connectivity index (χ3n) is 2.04. The lowest BCUT2D eigenvalue weighted by molar-refractivity contribution is 0.580. The van der Waals surface area contributed by atoms with Crippen LogP contribution in [0.4, 0.5) is 0 Å². The van der Waals surface area contributed by atoms with Gasteiger partial charge in [-0.1, -0.05) is 18.5 Å². The second kappa shape index (κ2) is 5.49. The molecule has 0 aromatic heterocycles. The van der Waals surface area contributed by atoms with Crippen LogP contribution in [0, 0.1) is 6.92 Å². The number of aryl methyl sites for hydroxylation is 1.